The third kappa shape index (κ3) is 3.38. The van der Waals surface area contributed by atoms with Gasteiger partial charge in [0.05, 0.1) is 20.1 Å². The third-order valence-corrected chi connectivity index (χ3v) is 4.85. The smallest absolute Gasteiger partial charge is 0.231 e. The first-order valence-electron chi connectivity index (χ1n) is 8.36. The summed E-state index contributed by atoms with van der Waals surface area (Å²) in [5, 5.41) is 4.14. The van der Waals surface area contributed by atoms with Crippen molar-refractivity contribution in [2.45, 2.75) is 50.5 Å². The number of rotatable bonds is 5. The molecule has 24 heavy (non-hydrogen) atoms. The van der Waals surface area contributed by atoms with Gasteiger partial charge >= 0.3 is 0 Å². The van der Waals surface area contributed by atoms with E-state index >= 15 is 0 Å². The summed E-state index contributed by atoms with van der Waals surface area (Å²) in [6, 6.07) is 5.79. The van der Waals surface area contributed by atoms with Gasteiger partial charge < -0.3 is 19.7 Å². The van der Waals surface area contributed by atoms with Crippen molar-refractivity contribution in [3.05, 3.63) is 35.5 Å². The summed E-state index contributed by atoms with van der Waals surface area (Å²) in [6.07, 6.45) is 4.90. The molecule has 2 unspecified atom stereocenters. The molecule has 2 N–H and O–H groups in total. The summed E-state index contributed by atoms with van der Waals surface area (Å²) in [6.45, 7) is 2.08. The van der Waals surface area contributed by atoms with Crippen molar-refractivity contribution in [1.29, 1.82) is 0 Å². The lowest BCUT2D eigenvalue weighted by molar-refractivity contribution is 0.223. The average molecular weight is 331 g/mol. The van der Waals surface area contributed by atoms with E-state index in [1.165, 1.54) is 0 Å². The van der Waals surface area contributed by atoms with E-state index < -0.39 is 0 Å². The summed E-state index contributed by atoms with van der Waals surface area (Å²) >= 11 is 0. The maximum Gasteiger partial charge on any atom is 0.231 e. The zero-order valence-corrected chi connectivity index (χ0v) is 14.5. The van der Waals surface area contributed by atoms with E-state index in [1.54, 1.807) is 14.2 Å². The van der Waals surface area contributed by atoms with Gasteiger partial charge in [0.25, 0.3) is 0 Å². The minimum atomic E-state index is -0.272. The number of nitrogens with two attached hydrogens (primary N) is 1. The van der Waals surface area contributed by atoms with Crippen LogP contribution in [0.1, 0.15) is 55.8 Å². The highest BCUT2D eigenvalue weighted by molar-refractivity contribution is 5.43. The summed E-state index contributed by atoms with van der Waals surface area (Å²) in [4.78, 5) is 4.59. The molecule has 2 atom stereocenters. The molecule has 0 aliphatic heterocycles. The van der Waals surface area contributed by atoms with E-state index in [1.807, 2.05) is 18.2 Å². The van der Waals surface area contributed by atoms with E-state index in [4.69, 9.17) is 19.7 Å². The van der Waals surface area contributed by atoms with Crippen LogP contribution >= 0.6 is 0 Å². The molecule has 6 heteroatoms. The van der Waals surface area contributed by atoms with Crippen LogP contribution in [0.3, 0.4) is 0 Å². The lowest BCUT2D eigenvalue weighted by Gasteiger charge is -2.35. The Labute approximate surface area is 142 Å². The van der Waals surface area contributed by atoms with Crippen molar-refractivity contribution in [2.75, 3.05) is 14.2 Å². The minimum absolute atomic E-state index is 0.137. The highest BCUT2D eigenvalue weighted by Crippen LogP contribution is 2.38. The first-order valence-corrected chi connectivity index (χ1v) is 8.36. The van der Waals surface area contributed by atoms with Gasteiger partial charge in [0.2, 0.25) is 5.89 Å². The van der Waals surface area contributed by atoms with Crippen LogP contribution < -0.4 is 15.2 Å². The Morgan fingerprint density at radius 1 is 1.25 bits per heavy atom. The quantitative estimate of drug-likeness (QED) is 0.906. The molecule has 130 valence electrons. The Hall–Kier alpha value is -2.08. The molecular weight excluding hydrogens is 306 g/mol. The molecule has 6 nitrogen and oxygen atoms in total. The molecular formula is C18H25N3O3. The van der Waals surface area contributed by atoms with Gasteiger partial charge in [-0.2, -0.15) is 4.98 Å². The van der Waals surface area contributed by atoms with Gasteiger partial charge in [-0.3, -0.25) is 0 Å². The Kier molecular flexibility index (Phi) is 4.76. The van der Waals surface area contributed by atoms with Gasteiger partial charge in [-0.25, -0.2) is 0 Å². The van der Waals surface area contributed by atoms with E-state index in [2.05, 4.69) is 17.1 Å². The molecule has 1 fully saturated rings. The first kappa shape index (κ1) is 16.8. The molecule has 1 aromatic heterocycles. The van der Waals surface area contributed by atoms with Crippen molar-refractivity contribution in [3.63, 3.8) is 0 Å². The van der Waals surface area contributed by atoms with Gasteiger partial charge in [0.15, 0.2) is 17.3 Å². The van der Waals surface area contributed by atoms with E-state index in [0.717, 1.165) is 31.2 Å². The summed E-state index contributed by atoms with van der Waals surface area (Å²) < 4.78 is 16.1. The van der Waals surface area contributed by atoms with Gasteiger partial charge in [0, 0.05) is 12.0 Å². The molecule has 0 saturated heterocycles. The van der Waals surface area contributed by atoms with E-state index in [0.29, 0.717) is 29.6 Å². The maximum atomic E-state index is 6.43. The Morgan fingerprint density at radius 3 is 2.75 bits per heavy atom. The van der Waals surface area contributed by atoms with Crippen LogP contribution in [-0.2, 0) is 6.42 Å². The molecule has 1 heterocycles. The zero-order valence-electron chi connectivity index (χ0n) is 14.5. The van der Waals surface area contributed by atoms with Crippen molar-refractivity contribution in [1.82, 2.24) is 10.1 Å². The topological polar surface area (TPSA) is 83.4 Å². The summed E-state index contributed by atoms with van der Waals surface area (Å²) in [7, 11) is 3.25. The number of nitrogens with zero attached hydrogens (tertiary/aromatic N) is 2. The van der Waals surface area contributed by atoms with Crippen LogP contribution in [0.2, 0.25) is 0 Å². The Morgan fingerprint density at radius 2 is 2.04 bits per heavy atom. The van der Waals surface area contributed by atoms with E-state index in [-0.39, 0.29) is 11.5 Å². The fourth-order valence-corrected chi connectivity index (χ4v) is 3.42. The van der Waals surface area contributed by atoms with Gasteiger partial charge in [-0.1, -0.05) is 24.1 Å². The van der Waals surface area contributed by atoms with Crippen LogP contribution in [0.4, 0.5) is 0 Å². The summed E-state index contributed by atoms with van der Waals surface area (Å²) in [5.41, 5.74) is 7.20. The molecule has 3 rings (SSSR count). The second kappa shape index (κ2) is 6.81. The number of hydrogen-bond acceptors (Lipinski definition) is 6. The summed E-state index contributed by atoms with van der Waals surface area (Å²) in [5.74, 6) is 2.86. The fraction of sp³-hybridized carbons (Fsp3) is 0.556. The molecule has 1 aliphatic rings. The normalized spacial score (nSPS) is 23.9. The van der Waals surface area contributed by atoms with Gasteiger partial charge in [-0.15, -0.1) is 0 Å². The van der Waals surface area contributed by atoms with Crippen LogP contribution in [-0.4, -0.2) is 29.9 Å². The van der Waals surface area contributed by atoms with Crippen LogP contribution in [0.5, 0.6) is 11.5 Å². The fourth-order valence-electron chi connectivity index (χ4n) is 3.42. The largest absolute Gasteiger partial charge is 0.493 e. The van der Waals surface area contributed by atoms with Crippen LogP contribution in [0, 0.1) is 0 Å². The Bertz CT molecular complexity index is 697. The highest BCUT2D eigenvalue weighted by Gasteiger charge is 2.37. The highest BCUT2D eigenvalue weighted by atomic mass is 16.5. The predicted octanol–water partition coefficient (Wildman–Crippen LogP) is 3.05. The molecule has 1 aliphatic carbocycles. The lowest BCUT2D eigenvalue weighted by Crippen LogP contribution is -2.44. The Balaban J connectivity index is 1.77. The number of ether oxygens (including phenoxy) is 2. The molecule has 2 aromatic rings. The van der Waals surface area contributed by atoms with Crippen LogP contribution in [0.25, 0.3) is 0 Å². The SMILES string of the molecule is COc1ccc(Cc2noc(C3CCCCC3(C)N)n2)cc1OC. The van der Waals surface area contributed by atoms with Crippen molar-refractivity contribution in [3.8, 4) is 11.5 Å². The number of methoxy groups -OCH3 is 2. The number of aromatic nitrogens is 2. The lowest BCUT2D eigenvalue weighted by atomic mass is 9.74. The predicted molar refractivity (Wildman–Crippen MR) is 90.5 cm³/mol. The average Bonchev–Trinajstić information content (AvgIpc) is 3.02. The molecule has 0 bridgehead atoms. The van der Waals surface area contributed by atoms with Gasteiger partial charge in [-0.05, 0) is 37.5 Å². The van der Waals surface area contributed by atoms with Crippen LogP contribution in [0.15, 0.2) is 22.7 Å². The monoisotopic (exact) mass is 331 g/mol. The standard InChI is InChI=1S/C18H25N3O3/c1-18(19)9-5-4-6-13(18)17-20-16(21-24-17)11-12-7-8-14(22-2)15(10-12)23-3/h7-8,10,13H,4-6,9,11,19H2,1-3H3. The number of benzene rings is 1. The minimum Gasteiger partial charge on any atom is -0.493 e. The molecule has 0 radical (unpaired) electrons. The second-order valence-electron chi connectivity index (χ2n) is 6.72. The molecule has 1 saturated carbocycles. The second-order valence-corrected chi connectivity index (χ2v) is 6.72. The third-order valence-electron chi connectivity index (χ3n) is 4.85. The van der Waals surface area contributed by atoms with Crippen molar-refractivity contribution in [2.24, 2.45) is 5.73 Å². The van der Waals surface area contributed by atoms with E-state index in [9.17, 15) is 0 Å². The maximum absolute atomic E-state index is 6.43. The molecule has 0 spiro atoms. The number of hydrogen-bond donors (Lipinski definition) is 1. The zero-order chi connectivity index (χ0) is 17.2. The van der Waals surface area contributed by atoms with Crippen molar-refractivity contribution >= 4 is 0 Å². The first-order chi connectivity index (χ1) is 11.5. The van der Waals surface area contributed by atoms with Crippen molar-refractivity contribution < 1.29 is 14.0 Å². The molecule has 1 aromatic carbocycles. The molecule has 0 amide bonds. The van der Waals surface area contributed by atoms with Gasteiger partial charge in [0.1, 0.15) is 0 Å².